The summed E-state index contributed by atoms with van der Waals surface area (Å²) < 4.78 is 5.28. The van der Waals surface area contributed by atoms with E-state index in [1.165, 1.54) is 19.9 Å². The first-order valence-electron chi connectivity index (χ1n) is 10.3. The van der Waals surface area contributed by atoms with Crippen LogP contribution in [0, 0.1) is 11.3 Å². The zero-order chi connectivity index (χ0) is 23.4. The van der Waals surface area contributed by atoms with Gasteiger partial charge in [-0.3, -0.25) is 9.59 Å². The summed E-state index contributed by atoms with van der Waals surface area (Å²) in [5.74, 6) is -1.26. The van der Waals surface area contributed by atoms with Gasteiger partial charge in [-0.2, -0.15) is 5.26 Å². The standard InChI is InChI=1S/C25H25N3O4/c1-16(24(30)20-7-10-23-19(14-20)11-12-28(23)17(2)29)32-25(31)21(15-26)13-18-5-8-22(9-6-18)27(3)4/h5-10,13-14,16H,11-12H2,1-4H3/b21-13+. The largest absolute Gasteiger partial charge is 0.450 e. The van der Waals surface area contributed by atoms with Gasteiger partial charge in [0.05, 0.1) is 0 Å². The van der Waals surface area contributed by atoms with Gasteiger partial charge in [-0.05, 0) is 60.9 Å². The third kappa shape index (κ3) is 4.86. The van der Waals surface area contributed by atoms with Crippen molar-refractivity contribution in [2.24, 2.45) is 0 Å². The van der Waals surface area contributed by atoms with Gasteiger partial charge in [0.15, 0.2) is 6.10 Å². The van der Waals surface area contributed by atoms with Gasteiger partial charge in [0.1, 0.15) is 11.6 Å². The monoisotopic (exact) mass is 431 g/mol. The number of nitrogens with zero attached hydrogens (tertiary/aromatic N) is 3. The number of carbonyl (C=O) groups is 3. The van der Waals surface area contributed by atoms with Gasteiger partial charge in [0, 0.05) is 44.5 Å². The zero-order valence-corrected chi connectivity index (χ0v) is 18.6. The van der Waals surface area contributed by atoms with Gasteiger partial charge in [-0.15, -0.1) is 0 Å². The van der Waals surface area contributed by atoms with Crippen LogP contribution in [-0.4, -0.2) is 44.4 Å². The number of anilines is 2. The number of Topliss-reactive ketones (excluding diaryl/α,β-unsaturated/α-hetero) is 1. The lowest BCUT2D eigenvalue weighted by molar-refractivity contribution is -0.141. The Labute approximate surface area is 187 Å². The molecule has 1 heterocycles. The highest BCUT2D eigenvalue weighted by Crippen LogP contribution is 2.29. The van der Waals surface area contributed by atoms with Gasteiger partial charge >= 0.3 is 5.97 Å². The van der Waals surface area contributed by atoms with Crippen molar-refractivity contribution in [2.75, 3.05) is 30.4 Å². The van der Waals surface area contributed by atoms with Crippen LogP contribution >= 0.6 is 0 Å². The maximum absolute atomic E-state index is 12.8. The fraction of sp³-hybridized carbons (Fsp3) is 0.280. The van der Waals surface area contributed by atoms with Crippen molar-refractivity contribution in [1.82, 2.24) is 0 Å². The Morgan fingerprint density at radius 1 is 1.16 bits per heavy atom. The highest BCUT2D eigenvalue weighted by Gasteiger charge is 2.26. The molecule has 2 aromatic carbocycles. The second-order valence-corrected chi connectivity index (χ2v) is 7.83. The second kappa shape index (κ2) is 9.48. The molecule has 164 valence electrons. The summed E-state index contributed by atoms with van der Waals surface area (Å²) in [7, 11) is 3.84. The maximum Gasteiger partial charge on any atom is 0.349 e. The van der Waals surface area contributed by atoms with Gasteiger partial charge in [0.2, 0.25) is 11.7 Å². The molecule has 7 heteroatoms. The van der Waals surface area contributed by atoms with E-state index in [-0.39, 0.29) is 17.3 Å². The van der Waals surface area contributed by atoms with Crippen molar-refractivity contribution in [3.8, 4) is 6.07 Å². The number of amides is 1. The molecule has 0 fully saturated rings. The molecule has 1 atom stereocenters. The van der Waals surface area contributed by atoms with E-state index in [1.54, 1.807) is 35.2 Å². The fourth-order valence-corrected chi connectivity index (χ4v) is 3.57. The van der Waals surface area contributed by atoms with Crippen molar-refractivity contribution in [3.05, 3.63) is 64.7 Å². The molecular formula is C25H25N3O4. The predicted molar refractivity (Wildman–Crippen MR) is 122 cm³/mol. The lowest BCUT2D eigenvalue weighted by Crippen LogP contribution is -2.26. The van der Waals surface area contributed by atoms with Gasteiger partial charge < -0.3 is 14.5 Å². The van der Waals surface area contributed by atoms with Crippen molar-refractivity contribution >= 4 is 35.1 Å². The molecule has 0 saturated heterocycles. The molecule has 7 nitrogen and oxygen atoms in total. The first kappa shape index (κ1) is 22.8. The summed E-state index contributed by atoms with van der Waals surface area (Å²) in [4.78, 5) is 40.6. The summed E-state index contributed by atoms with van der Waals surface area (Å²) in [5.41, 5.74) is 3.58. The molecule has 3 rings (SSSR count). The van der Waals surface area contributed by atoms with Crippen LogP contribution < -0.4 is 9.80 Å². The molecule has 0 saturated carbocycles. The average Bonchev–Trinajstić information content (AvgIpc) is 3.20. The number of benzene rings is 2. The minimum absolute atomic E-state index is 0.0442. The fourth-order valence-electron chi connectivity index (χ4n) is 3.57. The van der Waals surface area contributed by atoms with Crippen LogP contribution in [0.25, 0.3) is 6.08 Å². The third-order valence-corrected chi connectivity index (χ3v) is 5.35. The number of esters is 1. The quantitative estimate of drug-likeness (QED) is 0.301. The summed E-state index contributed by atoms with van der Waals surface area (Å²) in [6, 6.07) is 14.3. The molecule has 1 unspecified atom stereocenters. The van der Waals surface area contributed by atoms with E-state index >= 15 is 0 Å². The Balaban J connectivity index is 1.71. The van der Waals surface area contributed by atoms with Crippen molar-refractivity contribution in [3.63, 3.8) is 0 Å². The maximum atomic E-state index is 12.8. The highest BCUT2D eigenvalue weighted by molar-refractivity contribution is 6.04. The van der Waals surface area contributed by atoms with E-state index in [4.69, 9.17) is 4.74 Å². The first-order chi connectivity index (χ1) is 15.2. The van der Waals surface area contributed by atoms with E-state index in [0.29, 0.717) is 24.1 Å². The van der Waals surface area contributed by atoms with Gasteiger partial charge in [-0.25, -0.2) is 4.79 Å². The lowest BCUT2D eigenvalue weighted by Gasteiger charge is -2.16. The molecule has 0 radical (unpaired) electrons. The van der Waals surface area contributed by atoms with Crippen LogP contribution in [0.5, 0.6) is 0 Å². The van der Waals surface area contributed by atoms with E-state index in [0.717, 1.165) is 16.9 Å². The number of ketones is 1. The van der Waals surface area contributed by atoms with Crippen molar-refractivity contribution < 1.29 is 19.1 Å². The number of hydrogen-bond acceptors (Lipinski definition) is 6. The molecular weight excluding hydrogens is 406 g/mol. The normalized spacial score (nSPS) is 13.7. The van der Waals surface area contributed by atoms with E-state index < -0.39 is 12.1 Å². The molecule has 0 spiro atoms. The molecule has 0 bridgehead atoms. The predicted octanol–water partition coefficient (Wildman–Crippen LogP) is 3.38. The molecule has 0 N–H and O–H groups in total. The molecule has 0 aliphatic carbocycles. The van der Waals surface area contributed by atoms with Crippen LogP contribution in [0.4, 0.5) is 11.4 Å². The zero-order valence-electron chi connectivity index (χ0n) is 18.6. The Kier molecular flexibility index (Phi) is 6.74. The molecule has 2 aromatic rings. The first-order valence-corrected chi connectivity index (χ1v) is 10.3. The van der Waals surface area contributed by atoms with Gasteiger partial charge in [-0.1, -0.05) is 12.1 Å². The minimum Gasteiger partial charge on any atom is -0.450 e. The molecule has 0 aromatic heterocycles. The number of fused-ring (bicyclic) bond motifs is 1. The van der Waals surface area contributed by atoms with E-state index in [1.807, 2.05) is 37.2 Å². The van der Waals surface area contributed by atoms with Crippen molar-refractivity contribution in [2.45, 2.75) is 26.4 Å². The Morgan fingerprint density at radius 3 is 2.44 bits per heavy atom. The van der Waals surface area contributed by atoms with Crippen LogP contribution in [0.2, 0.25) is 0 Å². The van der Waals surface area contributed by atoms with Crippen LogP contribution in [-0.2, 0) is 20.7 Å². The van der Waals surface area contributed by atoms with Crippen LogP contribution in [0.1, 0.15) is 35.3 Å². The number of rotatable bonds is 6. The minimum atomic E-state index is -1.06. The summed E-state index contributed by atoms with van der Waals surface area (Å²) in [6.07, 6.45) is 1.04. The summed E-state index contributed by atoms with van der Waals surface area (Å²) >= 11 is 0. The van der Waals surface area contributed by atoms with E-state index in [9.17, 15) is 19.6 Å². The highest BCUT2D eigenvalue weighted by atomic mass is 16.5. The van der Waals surface area contributed by atoms with Crippen LogP contribution in [0.3, 0.4) is 0 Å². The molecule has 1 amide bonds. The Hall–Kier alpha value is -3.92. The second-order valence-electron chi connectivity index (χ2n) is 7.83. The lowest BCUT2D eigenvalue weighted by atomic mass is 10.0. The molecule has 32 heavy (non-hydrogen) atoms. The smallest absolute Gasteiger partial charge is 0.349 e. The summed E-state index contributed by atoms with van der Waals surface area (Å²) in [6.45, 7) is 3.57. The number of carbonyl (C=O) groups excluding carboxylic acids is 3. The Morgan fingerprint density at radius 2 is 1.84 bits per heavy atom. The average molecular weight is 431 g/mol. The Bertz CT molecular complexity index is 1130. The molecule has 1 aliphatic heterocycles. The topological polar surface area (TPSA) is 90.7 Å². The third-order valence-electron chi connectivity index (χ3n) is 5.35. The summed E-state index contributed by atoms with van der Waals surface area (Å²) in [5, 5.41) is 9.40. The van der Waals surface area contributed by atoms with Crippen LogP contribution in [0.15, 0.2) is 48.0 Å². The van der Waals surface area contributed by atoms with E-state index in [2.05, 4.69) is 0 Å². The number of hydrogen-bond donors (Lipinski definition) is 0. The SMILES string of the molecule is CC(=O)N1CCc2cc(C(=O)C(C)OC(=O)/C(C#N)=C/c3ccc(N(C)C)cc3)ccc21. The number of nitriles is 1. The van der Waals surface area contributed by atoms with Crippen molar-refractivity contribution in [1.29, 1.82) is 5.26 Å². The number of ether oxygens (including phenoxy) is 1. The molecule has 1 aliphatic rings. The van der Waals surface area contributed by atoms with Gasteiger partial charge in [0.25, 0.3) is 0 Å².